The third-order valence-electron chi connectivity index (χ3n) is 2.42. The summed E-state index contributed by atoms with van der Waals surface area (Å²) in [5.74, 6) is -0.176. The second kappa shape index (κ2) is 5.68. The van der Waals surface area contributed by atoms with Crippen LogP contribution in [-0.2, 0) is 0 Å². The molecule has 0 saturated heterocycles. The SMILES string of the molecule is Nc1ccc(C(=O)N/N=C\c2cccc(O)c2)cc1. The van der Waals surface area contributed by atoms with E-state index < -0.39 is 0 Å². The highest BCUT2D eigenvalue weighted by molar-refractivity contribution is 5.95. The molecule has 0 saturated carbocycles. The van der Waals surface area contributed by atoms with E-state index >= 15 is 0 Å². The van der Waals surface area contributed by atoms with Crippen LogP contribution in [0.15, 0.2) is 53.6 Å². The van der Waals surface area contributed by atoms with Crippen LogP contribution in [0.5, 0.6) is 5.75 Å². The minimum atomic E-state index is -0.323. The third-order valence-corrected chi connectivity index (χ3v) is 2.42. The number of carbonyl (C=O) groups is 1. The van der Waals surface area contributed by atoms with Gasteiger partial charge in [-0.15, -0.1) is 0 Å². The second-order valence-corrected chi connectivity index (χ2v) is 3.92. The number of nitrogens with one attached hydrogen (secondary N) is 1. The Morgan fingerprint density at radius 1 is 1.21 bits per heavy atom. The zero-order valence-electron chi connectivity index (χ0n) is 10.1. The number of phenols is 1. The molecule has 0 atom stereocenters. The first-order valence-corrected chi connectivity index (χ1v) is 5.63. The van der Waals surface area contributed by atoms with Crippen LogP contribution in [0.2, 0.25) is 0 Å². The lowest BCUT2D eigenvalue weighted by Crippen LogP contribution is -2.17. The molecule has 19 heavy (non-hydrogen) atoms. The molecule has 0 fully saturated rings. The number of hydrogen-bond acceptors (Lipinski definition) is 4. The summed E-state index contributed by atoms with van der Waals surface area (Å²) < 4.78 is 0. The average Bonchev–Trinajstić information content (AvgIpc) is 2.39. The summed E-state index contributed by atoms with van der Waals surface area (Å²) in [6, 6.07) is 13.1. The molecule has 2 aromatic carbocycles. The van der Waals surface area contributed by atoms with Crippen LogP contribution >= 0.6 is 0 Å². The number of nitrogens with zero attached hydrogens (tertiary/aromatic N) is 1. The highest BCUT2D eigenvalue weighted by Crippen LogP contribution is 2.08. The number of carbonyl (C=O) groups excluding carboxylic acids is 1. The summed E-state index contributed by atoms with van der Waals surface area (Å²) in [6.45, 7) is 0. The van der Waals surface area contributed by atoms with E-state index in [0.29, 0.717) is 16.8 Å². The maximum Gasteiger partial charge on any atom is 0.271 e. The summed E-state index contributed by atoms with van der Waals surface area (Å²) in [5, 5.41) is 13.1. The first kappa shape index (κ1) is 12.6. The predicted molar refractivity (Wildman–Crippen MR) is 74.0 cm³/mol. The van der Waals surface area contributed by atoms with E-state index in [1.54, 1.807) is 48.5 Å². The third kappa shape index (κ3) is 3.57. The Morgan fingerprint density at radius 3 is 2.63 bits per heavy atom. The van der Waals surface area contributed by atoms with Gasteiger partial charge in [0.05, 0.1) is 6.21 Å². The number of hydrogen-bond donors (Lipinski definition) is 3. The van der Waals surface area contributed by atoms with Gasteiger partial charge in [-0.25, -0.2) is 5.43 Å². The first-order valence-electron chi connectivity index (χ1n) is 5.63. The van der Waals surface area contributed by atoms with Crippen molar-refractivity contribution >= 4 is 17.8 Å². The number of benzene rings is 2. The Balaban J connectivity index is 1.98. The van der Waals surface area contributed by atoms with Gasteiger partial charge in [-0.3, -0.25) is 4.79 Å². The van der Waals surface area contributed by atoms with Crippen molar-refractivity contribution in [1.82, 2.24) is 5.43 Å². The molecule has 0 unspecified atom stereocenters. The van der Waals surface area contributed by atoms with Crippen molar-refractivity contribution in [2.75, 3.05) is 5.73 Å². The largest absolute Gasteiger partial charge is 0.508 e. The Kier molecular flexibility index (Phi) is 3.78. The van der Waals surface area contributed by atoms with Gasteiger partial charge >= 0.3 is 0 Å². The van der Waals surface area contributed by atoms with Gasteiger partial charge in [0.2, 0.25) is 0 Å². The summed E-state index contributed by atoms with van der Waals surface area (Å²) in [7, 11) is 0. The molecule has 0 heterocycles. The van der Waals surface area contributed by atoms with Gasteiger partial charge in [-0.1, -0.05) is 12.1 Å². The van der Waals surface area contributed by atoms with Gasteiger partial charge in [0.1, 0.15) is 5.75 Å². The summed E-state index contributed by atoms with van der Waals surface area (Å²) in [6.07, 6.45) is 1.45. The Morgan fingerprint density at radius 2 is 1.95 bits per heavy atom. The molecule has 0 spiro atoms. The molecule has 0 aromatic heterocycles. The highest BCUT2D eigenvalue weighted by Gasteiger charge is 2.02. The molecular weight excluding hydrogens is 242 g/mol. The van der Waals surface area contributed by atoms with Crippen molar-refractivity contribution in [2.45, 2.75) is 0 Å². The maximum absolute atomic E-state index is 11.7. The van der Waals surface area contributed by atoms with Crippen LogP contribution in [0, 0.1) is 0 Å². The quantitative estimate of drug-likeness (QED) is 0.443. The van der Waals surface area contributed by atoms with E-state index in [2.05, 4.69) is 10.5 Å². The molecule has 2 rings (SSSR count). The van der Waals surface area contributed by atoms with Crippen molar-refractivity contribution in [2.24, 2.45) is 5.10 Å². The van der Waals surface area contributed by atoms with Crippen molar-refractivity contribution in [3.8, 4) is 5.75 Å². The molecule has 5 nitrogen and oxygen atoms in total. The number of anilines is 1. The van der Waals surface area contributed by atoms with Gasteiger partial charge in [0.25, 0.3) is 5.91 Å². The molecule has 1 amide bonds. The van der Waals surface area contributed by atoms with Gasteiger partial charge in [-0.05, 0) is 42.0 Å². The molecule has 0 aliphatic heterocycles. The number of phenolic OH excluding ortho intramolecular Hbond substituents is 1. The average molecular weight is 255 g/mol. The summed E-state index contributed by atoms with van der Waals surface area (Å²) >= 11 is 0. The Hall–Kier alpha value is -2.82. The number of nitrogens with two attached hydrogens (primary N) is 1. The fourth-order valence-electron chi connectivity index (χ4n) is 1.47. The number of nitrogen functional groups attached to an aromatic ring is 1. The van der Waals surface area contributed by atoms with Crippen LogP contribution in [-0.4, -0.2) is 17.2 Å². The lowest BCUT2D eigenvalue weighted by molar-refractivity contribution is 0.0955. The Labute approximate surface area is 110 Å². The zero-order chi connectivity index (χ0) is 13.7. The minimum Gasteiger partial charge on any atom is -0.508 e. The van der Waals surface area contributed by atoms with Crippen LogP contribution in [0.25, 0.3) is 0 Å². The van der Waals surface area contributed by atoms with E-state index in [4.69, 9.17) is 5.73 Å². The number of rotatable bonds is 3. The zero-order valence-corrected chi connectivity index (χ0v) is 10.1. The fraction of sp³-hybridized carbons (Fsp3) is 0. The van der Waals surface area contributed by atoms with E-state index in [1.165, 1.54) is 6.21 Å². The second-order valence-electron chi connectivity index (χ2n) is 3.92. The standard InChI is InChI=1S/C14H13N3O2/c15-12-6-4-11(5-7-12)14(19)17-16-9-10-2-1-3-13(18)8-10/h1-9,18H,15H2,(H,17,19)/b16-9-. The summed E-state index contributed by atoms with van der Waals surface area (Å²) in [4.78, 5) is 11.7. The predicted octanol–water partition coefficient (Wildman–Crippen LogP) is 1.74. The van der Waals surface area contributed by atoms with Crippen molar-refractivity contribution in [1.29, 1.82) is 0 Å². The van der Waals surface area contributed by atoms with Gasteiger partial charge in [0, 0.05) is 11.3 Å². The summed E-state index contributed by atoms with van der Waals surface area (Å²) in [5.41, 5.74) is 9.69. The normalized spacial score (nSPS) is 10.5. The minimum absolute atomic E-state index is 0.147. The molecule has 0 aliphatic carbocycles. The fourth-order valence-corrected chi connectivity index (χ4v) is 1.47. The first-order chi connectivity index (χ1) is 9.15. The van der Waals surface area contributed by atoms with Crippen LogP contribution < -0.4 is 11.2 Å². The smallest absolute Gasteiger partial charge is 0.271 e. The number of aromatic hydroxyl groups is 1. The van der Waals surface area contributed by atoms with Crippen molar-refractivity contribution < 1.29 is 9.90 Å². The van der Waals surface area contributed by atoms with Crippen LogP contribution in [0.1, 0.15) is 15.9 Å². The van der Waals surface area contributed by atoms with Crippen LogP contribution in [0.3, 0.4) is 0 Å². The van der Waals surface area contributed by atoms with E-state index in [9.17, 15) is 9.90 Å². The van der Waals surface area contributed by atoms with Crippen LogP contribution in [0.4, 0.5) is 5.69 Å². The molecule has 0 radical (unpaired) electrons. The van der Waals surface area contributed by atoms with Crippen molar-refractivity contribution in [3.05, 3.63) is 59.7 Å². The van der Waals surface area contributed by atoms with E-state index in [-0.39, 0.29) is 11.7 Å². The molecular formula is C14H13N3O2. The number of hydrazone groups is 1. The molecule has 4 N–H and O–H groups in total. The molecule has 0 aliphatic rings. The maximum atomic E-state index is 11.7. The van der Waals surface area contributed by atoms with Gasteiger partial charge < -0.3 is 10.8 Å². The topological polar surface area (TPSA) is 87.7 Å². The molecule has 5 heteroatoms. The highest BCUT2D eigenvalue weighted by atomic mass is 16.3. The van der Waals surface area contributed by atoms with Gasteiger partial charge in [0.15, 0.2) is 0 Å². The monoisotopic (exact) mass is 255 g/mol. The number of amides is 1. The lowest BCUT2D eigenvalue weighted by Gasteiger charge is -2.00. The molecule has 2 aromatic rings. The van der Waals surface area contributed by atoms with E-state index in [1.807, 2.05) is 0 Å². The lowest BCUT2D eigenvalue weighted by atomic mass is 10.2. The Bertz CT molecular complexity index is 606. The van der Waals surface area contributed by atoms with Crippen molar-refractivity contribution in [3.63, 3.8) is 0 Å². The molecule has 0 bridgehead atoms. The van der Waals surface area contributed by atoms with Gasteiger partial charge in [-0.2, -0.15) is 5.10 Å². The molecule has 96 valence electrons. The van der Waals surface area contributed by atoms with E-state index in [0.717, 1.165) is 0 Å².